The lowest BCUT2D eigenvalue weighted by molar-refractivity contribution is 0.428. The summed E-state index contributed by atoms with van der Waals surface area (Å²) in [6, 6.07) is 0. The van der Waals surface area contributed by atoms with Gasteiger partial charge in [-0.1, -0.05) is 25.7 Å². The van der Waals surface area contributed by atoms with Crippen LogP contribution < -0.4 is 0 Å². The molecule has 0 aromatic carbocycles. The van der Waals surface area contributed by atoms with Crippen LogP contribution in [0.3, 0.4) is 0 Å². The molecule has 0 saturated heterocycles. The summed E-state index contributed by atoms with van der Waals surface area (Å²) in [7, 11) is 0. The third-order valence-electron chi connectivity index (χ3n) is 1.55. The molecule has 0 bridgehead atoms. The van der Waals surface area contributed by atoms with Gasteiger partial charge in [0.2, 0.25) is 0 Å². The highest BCUT2D eigenvalue weighted by Gasteiger charge is 2.12. The lowest BCUT2D eigenvalue weighted by Gasteiger charge is -2.15. The van der Waals surface area contributed by atoms with E-state index in [9.17, 15) is 0 Å². The van der Waals surface area contributed by atoms with Crippen molar-refractivity contribution >= 4 is 0 Å². The fourth-order valence-corrected chi connectivity index (χ4v) is 0.833. The molecule has 58 valence electrons. The molecule has 0 atom stereocenters. The molecule has 0 aliphatic rings. The van der Waals surface area contributed by atoms with E-state index in [1.54, 1.807) is 0 Å². The molecule has 0 rings (SSSR count). The van der Waals surface area contributed by atoms with Crippen molar-refractivity contribution in [2.75, 3.05) is 0 Å². The van der Waals surface area contributed by atoms with Gasteiger partial charge in [0.05, 0.1) is 0 Å². The van der Waals surface area contributed by atoms with Crippen molar-refractivity contribution in [1.29, 1.82) is 0 Å². The van der Waals surface area contributed by atoms with Crippen LogP contribution in [0.1, 0.15) is 40.0 Å². The predicted molar refractivity (Wildman–Crippen MR) is 43.0 cm³/mol. The zero-order valence-electron chi connectivity index (χ0n) is 7.07. The van der Waals surface area contributed by atoms with Crippen LogP contribution in [-0.4, -0.2) is 5.11 Å². The molecule has 0 fully saturated rings. The van der Waals surface area contributed by atoms with E-state index in [4.69, 9.17) is 5.11 Å². The highest BCUT2D eigenvalue weighted by Crippen LogP contribution is 2.21. The fourth-order valence-electron chi connectivity index (χ4n) is 0.833. The summed E-state index contributed by atoms with van der Waals surface area (Å²) in [6.07, 6.45) is 5.41. The van der Waals surface area contributed by atoms with E-state index in [0.717, 1.165) is 6.42 Å². The molecule has 0 aromatic heterocycles. The van der Waals surface area contributed by atoms with Gasteiger partial charge in [-0.25, -0.2) is 0 Å². The van der Waals surface area contributed by atoms with Crippen LogP contribution in [0.5, 0.6) is 0 Å². The molecule has 1 N–H and O–H groups in total. The Labute approximate surface area is 63.5 Å². The van der Waals surface area contributed by atoms with Gasteiger partial charge in [-0.15, -0.1) is 0 Å². The first kappa shape index (κ1) is 9.36. The Bertz CT molecular complexity index is 137. The Balaban J connectivity index is 3.71. The van der Waals surface area contributed by atoms with E-state index in [2.05, 4.69) is 12.8 Å². The van der Waals surface area contributed by atoms with E-state index in [1.165, 1.54) is 12.8 Å². The second-order valence-corrected chi connectivity index (χ2v) is 3.22. The van der Waals surface area contributed by atoms with Gasteiger partial charge in [0, 0.05) is 5.41 Å². The second-order valence-electron chi connectivity index (χ2n) is 3.22. The largest absolute Gasteiger partial charge is 0.462 e. The molecule has 10 heavy (non-hydrogen) atoms. The molecular weight excluding hydrogens is 124 g/mol. The number of unbranched alkanes of at least 4 members (excludes halogenated alkanes) is 1. The SMILES string of the molecule is CCCCC(C)(C)C#CO. The van der Waals surface area contributed by atoms with Crippen molar-refractivity contribution in [3.05, 3.63) is 0 Å². The quantitative estimate of drug-likeness (QED) is 0.597. The van der Waals surface area contributed by atoms with Crippen molar-refractivity contribution in [3.8, 4) is 12.0 Å². The summed E-state index contributed by atoms with van der Waals surface area (Å²) in [4.78, 5) is 0. The first-order chi connectivity index (χ1) is 4.62. The van der Waals surface area contributed by atoms with E-state index in [1.807, 2.05) is 20.0 Å². The molecule has 0 spiro atoms. The van der Waals surface area contributed by atoms with Crippen molar-refractivity contribution in [1.82, 2.24) is 0 Å². The number of hydrogen-bond acceptors (Lipinski definition) is 1. The number of aliphatic hydroxyl groups excluding tert-OH is 1. The van der Waals surface area contributed by atoms with Crippen LogP contribution >= 0.6 is 0 Å². The minimum atomic E-state index is -0.00917. The Hall–Kier alpha value is -0.640. The van der Waals surface area contributed by atoms with Gasteiger partial charge in [-0.05, 0) is 20.3 Å². The summed E-state index contributed by atoms with van der Waals surface area (Å²) >= 11 is 0. The number of hydrogen-bond donors (Lipinski definition) is 1. The molecule has 0 aliphatic carbocycles. The first-order valence-corrected chi connectivity index (χ1v) is 3.78. The highest BCUT2D eigenvalue weighted by atomic mass is 16.2. The van der Waals surface area contributed by atoms with Crippen LogP contribution in [0.2, 0.25) is 0 Å². The lowest BCUT2D eigenvalue weighted by Crippen LogP contribution is -2.07. The Morgan fingerprint density at radius 1 is 1.40 bits per heavy atom. The van der Waals surface area contributed by atoms with E-state index in [0.29, 0.717) is 0 Å². The molecule has 0 saturated carbocycles. The van der Waals surface area contributed by atoms with Crippen LogP contribution in [-0.2, 0) is 0 Å². The minimum Gasteiger partial charge on any atom is -0.462 e. The van der Waals surface area contributed by atoms with Gasteiger partial charge in [-0.2, -0.15) is 0 Å². The first-order valence-electron chi connectivity index (χ1n) is 3.78. The molecule has 0 unspecified atom stereocenters. The second kappa shape index (κ2) is 4.22. The molecule has 1 nitrogen and oxygen atoms in total. The molecule has 1 heteroatoms. The van der Waals surface area contributed by atoms with Crippen LogP contribution in [0, 0.1) is 17.4 Å². The summed E-state index contributed by atoms with van der Waals surface area (Å²) in [6.45, 7) is 6.25. The van der Waals surface area contributed by atoms with Crippen LogP contribution in [0.15, 0.2) is 0 Å². The molecule has 0 heterocycles. The predicted octanol–water partition coefficient (Wildman–Crippen LogP) is 2.54. The smallest absolute Gasteiger partial charge is 0.108 e. The topological polar surface area (TPSA) is 20.2 Å². The maximum Gasteiger partial charge on any atom is 0.108 e. The average molecular weight is 140 g/mol. The molecule has 0 radical (unpaired) electrons. The summed E-state index contributed by atoms with van der Waals surface area (Å²) in [5.74, 6) is 2.76. The van der Waals surface area contributed by atoms with E-state index in [-0.39, 0.29) is 5.41 Å². The van der Waals surface area contributed by atoms with Crippen molar-refractivity contribution < 1.29 is 5.11 Å². The zero-order valence-corrected chi connectivity index (χ0v) is 7.07. The Morgan fingerprint density at radius 3 is 2.40 bits per heavy atom. The maximum absolute atomic E-state index is 8.34. The normalized spacial score (nSPS) is 10.3. The van der Waals surface area contributed by atoms with E-state index >= 15 is 0 Å². The van der Waals surface area contributed by atoms with Gasteiger partial charge in [0.25, 0.3) is 0 Å². The van der Waals surface area contributed by atoms with Crippen molar-refractivity contribution in [3.63, 3.8) is 0 Å². The molecule has 0 aromatic rings. The highest BCUT2D eigenvalue weighted by molar-refractivity contribution is 5.03. The fraction of sp³-hybridized carbons (Fsp3) is 0.778. The third kappa shape index (κ3) is 4.26. The number of aliphatic hydroxyl groups is 1. The average Bonchev–Trinajstić information content (AvgIpc) is 1.84. The lowest BCUT2D eigenvalue weighted by atomic mass is 9.88. The Kier molecular flexibility index (Phi) is 3.95. The molecular formula is C9H16O. The minimum absolute atomic E-state index is 0.00917. The van der Waals surface area contributed by atoms with Gasteiger partial charge in [0.1, 0.15) is 6.11 Å². The molecule has 0 aliphatic heterocycles. The van der Waals surface area contributed by atoms with Gasteiger partial charge in [-0.3, -0.25) is 0 Å². The summed E-state index contributed by atoms with van der Waals surface area (Å²) in [5, 5.41) is 8.34. The molecule has 0 amide bonds. The summed E-state index contributed by atoms with van der Waals surface area (Å²) < 4.78 is 0. The van der Waals surface area contributed by atoms with Crippen molar-refractivity contribution in [2.45, 2.75) is 40.0 Å². The summed E-state index contributed by atoms with van der Waals surface area (Å²) in [5.41, 5.74) is -0.00917. The van der Waals surface area contributed by atoms with Gasteiger partial charge >= 0.3 is 0 Å². The van der Waals surface area contributed by atoms with Gasteiger partial charge < -0.3 is 5.11 Å². The van der Waals surface area contributed by atoms with Gasteiger partial charge in [0.15, 0.2) is 0 Å². The zero-order chi connectivity index (χ0) is 8.04. The van der Waals surface area contributed by atoms with Crippen molar-refractivity contribution in [2.24, 2.45) is 5.41 Å². The van der Waals surface area contributed by atoms with Crippen LogP contribution in [0.25, 0.3) is 0 Å². The Morgan fingerprint density at radius 2 is 2.00 bits per heavy atom. The third-order valence-corrected chi connectivity index (χ3v) is 1.55. The monoisotopic (exact) mass is 140 g/mol. The number of rotatable bonds is 3. The van der Waals surface area contributed by atoms with Crippen LogP contribution in [0.4, 0.5) is 0 Å². The maximum atomic E-state index is 8.34. The van der Waals surface area contributed by atoms with E-state index < -0.39 is 0 Å². The standard InChI is InChI=1S/C9H16O/c1-4-5-6-9(2,3)7-8-10/h10H,4-6H2,1-3H3.